The number of aromatic nitrogens is 1. The third-order valence-corrected chi connectivity index (χ3v) is 2.95. The number of pyridine rings is 1. The Morgan fingerprint density at radius 3 is 2.79 bits per heavy atom. The summed E-state index contributed by atoms with van der Waals surface area (Å²) in [5.41, 5.74) is 1.05. The van der Waals surface area contributed by atoms with Gasteiger partial charge in [-0.25, -0.2) is 4.98 Å². The molecular weight excluding hydrogens is 244 g/mol. The lowest BCUT2D eigenvalue weighted by atomic mass is 10.3. The predicted molar refractivity (Wildman–Crippen MR) is 74.0 cm³/mol. The molecule has 1 aliphatic rings. The molecule has 6 heteroatoms. The van der Waals surface area contributed by atoms with Gasteiger partial charge in [0.2, 0.25) is 0 Å². The molecule has 0 amide bonds. The lowest BCUT2D eigenvalue weighted by Crippen LogP contribution is -2.47. The van der Waals surface area contributed by atoms with Crippen molar-refractivity contribution in [2.75, 3.05) is 42.9 Å². The van der Waals surface area contributed by atoms with E-state index in [1.807, 2.05) is 12.1 Å². The van der Waals surface area contributed by atoms with Crippen molar-refractivity contribution in [1.29, 1.82) is 0 Å². The van der Waals surface area contributed by atoms with Crippen LogP contribution in [0.1, 0.15) is 13.8 Å². The molecule has 19 heavy (non-hydrogen) atoms. The van der Waals surface area contributed by atoms with E-state index in [2.05, 4.69) is 22.1 Å². The molecule has 2 rings (SSSR count). The summed E-state index contributed by atoms with van der Waals surface area (Å²) in [7, 11) is 0. The molecule has 1 fully saturated rings. The monoisotopic (exact) mass is 264 g/mol. The lowest BCUT2D eigenvalue weighted by molar-refractivity contribution is -0.188. The fourth-order valence-corrected chi connectivity index (χ4v) is 2.15. The molecule has 0 saturated carbocycles. The van der Waals surface area contributed by atoms with Gasteiger partial charge in [0, 0.05) is 32.8 Å². The Kier molecular flexibility index (Phi) is 4.57. The Hall–Kier alpha value is -1.82. The zero-order valence-electron chi connectivity index (χ0n) is 11.4. The molecule has 0 spiro atoms. The van der Waals surface area contributed by atoms with Crippen molar-refractivity contribution < 1.29 is 9.63 Å². The minimum absolute atomic E-state index is 0.264. The first-order valence-corrected chi connectivity index (χ1v) is 6.58. The average molecular weight is 264 g/mol. The third-order valence-electron chi connectivity index (χ3n) is 2.95. The number of nitrogens with zero attached hydrogens (tertiary/aromatic N) is 3. The molecule has 0 radical (unpaired) electrons. The van der Waals surface area contributed by atoms with E-state index in [-0.39, 0.29) is 5.97 Å². The zero-order chi connectivity index (χ0) is 13.7. The summed E-state index contributed by atoms with van der Waals surface area (Å²) >= 11 is 0. The first kappa shape index (κ1) is 13.6. The Morgan fingerprint density at radius 2 is 2.16 bits per heavy atom. The number of anilines is 2. The summed E-state index contributed by atoms with van der Waals surface area (Å²) < 4.78 is 0. The van der Waals surface area contributed by atoms with Gasteiger partial charge in [-0.3, -0.25) is 4.79 Å². The van der Waals surface area contributed by atoms with E-state index in [9.17, 15) is 4.79 Å². The van der Waals surface area contributed by atoms with Crippen molar-refractivity contribution in [3.63, 3.8) is 0 Å². The minimum atomic E-state index is -0.264. The molecule has 104 valence electrons. The van der Waals surface area contributed by atoms with E-state index in [4.69, 9.17) is 4.84 Å². The summed E-state index contributed by atoms with van der Waals surface area (Å²) in [6, 6.07) is 3.96. The highest BCUT2D eigenvalue weighted by Gasteiger charge is 2.21. The molecule has 0 bridgehead atoms. The van der Waals surface area contributed by atoms with E-state index in [1.54, 1.807) is 11.3 Å². The van der Waals surface area contributed by atoms with Gasteiger partial charge in [0.25, 0.3) is 0 Å². The maximum Gasteiger partial charge on any atom is 0.322 e. The average Bonchev–Trinajstić information content (AvgIpc) is 2.40. The van der Waals surface area contributed by atoms with Gasteiger partial charge < -0.3 is 15.1 Å². The van der Waals surface area contributed by atoms with E-state index in [0.29, 0.717) is 13.1 Å². The highest BCUT2D eigenvalue weighted by Crippen LogP contribution is 2.23. The number of carbonyl (C=O) groups excluding carboxylic acids is 1. The molecule has 0 atom stereocenters. The maximum atomic E-state index is 10.9. The summed E-state index contributed by atoms with van der Waals surface area (Å²) in [5.74, 6) is 0.700. The molecule has 0 aromatic carbocycles. The number of piperazine rings is 1. The quantitative estimate of drug-likeness (QED) is 0.879. The number of nitrogens with one attached hydrogen (secondary N) is 1. The van der Waals surface area contributed by atoms with Gasteiger partial charge in [0.15, 0.2) is 5.82 Å². The molecule has 0 unspecified atom stereocenters. The first-order chi connectivity index (χ1) is 9.20. The second-order valence-electron chi connectivity index (χ2n) is 4.40. The fraction of sp³-hybridized carbons (Fsp3) is 0.538. The van der Waals surface area contributed by atoms with E-state index in [1.165, 1.54) is 6.92 Å². The highest BCUT2D eigenvalue weighted by molar-refractivity contribution is 5.66. The lowest BCUT2D eigenvalue weighted by Gasteiger charge is -2.34. The molecule has 1 aromatic rings. The van der Waals surface area contributed by atoms with Crippen LogP contribution in [-0.4, -0.2) is 48.7 Å². The number of carbonyl (C=O) groups is 1. The molecule has 1 aromatic heterocycles. The van der Waals surface area contributed by atoms with Crippen LogP contribution < -0.4 is 10.2 Å². The highest BCUT2D eigenvalue weighted by atomic mass is 16.7. The second-order valence-corrected chi connectivity index (χ2v) is 4.40. The van der Waals surface area contributed by atoms with Crippen LogP contribution in [0.15, 0.2) is 18.3 Å². The van der Waals surface area contributed by atoms with E-state index in [0.717, 1.165) is 31.1 Å². The number of hydrogen-bond acceptors (Lipinski definition) is 6. The van der Waals surface area contributed by atoms with Crippen molar-refractivity contribution in [2.24, 2.45) is 0 Å². The summed E-state index contributed by atoms with van der Waals surface area (Å²) in [5, 5.41) is 5.02. The minimum Gasteiger partial charge on any atom is -0.382 e. The van der Waals surface area contributed by atoms with E-state index >= 15 is 0 Å². The molecular formula is C13H20N4O2. The van der Waals surface area contributed by atoms with Crippen LogP contribution in [0.2, 0.25) is 0 Å². The number of hydrogen-bond donors (Lipinski definition) is 1. The Morgan fingerprint density at radius 1 is 1.42 bits per heavy atom. The Balaban J connectivity index is 1.99. The van der Waals surface area contributed by atoms with E-state index < -0.39 is 0 Å². The van der Waals surface area contributed by atoms with Gasteiger partial charge in [0.05, 0.1) is 18.8 Å². The number of hydroxylamine groups is 2. The fourth-order valence-electron chi connectivity index (χ4n) is 2.15. The smallest absolute Gasteiger partial charge is 0.322 e. The summed E-state index contributed by atoms with van der Waals surface area (Å²) in [4.78, 5) is 22.6. The van der Waals surface area contributed by atoms with Crippen molar-refractivity contribution >= 4 is 17.5 Å². The maximum absolute atomic E-state index is 10.9. The van der Waals surface area contributed by atoms with Crippen LogP contribution in [0, 0.1) is 0 Å². The van der Waals surface area contributed by atoms with Crippen LogP contribution in [0.25, 0.3) is 0 Å². The van der Waals surface area contributed by atoms with Crippen LogP contribution in [0.5, 0.6) is 0 Å². The standard InChI is InChI=1S/C13H20N4O2/c1-3-14-12-5-4-6-15-13(12)16-7-9-17(10-8-16)19-11(2)18/h4-6,14H,3,7-10H2,1-2H3. The van der Waals surface area contributed by atoms with Crippen LogP contribution in [0.4, 0.5) is 11.5 Å². The topological polar surface area (TPSA) is 57.7 Å². The molecule has 1 N–H and O–H groups in total. The molecule has 1 aliphatic heterocycles. The molecule has 2 heterocycles. The van der Waals surface area contributed by atoms with Crippen LogP contribution in [0.3, 0.4) is 0 Å². The van der Waals surface area contributed by atoms with Gasteiger partial charge >= 0.3 is 5.97 Å². The summed E-state index contributed by atoms with van der Waals surface area (Å²) in [6.07, 6.45) is 1.80. The first-order valence-electron chi connectivity index (χ1n) is 6.58. The van der Waals surface area contributed by atoms with Crippen molar-refractivity contribution in [3.8, 4) is 0 Å². The van der Waals surface area contributed by atoms with Crippen LogP contribution >= 0.6 is 0 Å². The van der Waals surface area contributed by atoms with Crippen molar-refractivity contribution in [3.05, 3.63) is 18.3 Å². The molecule has 6 nitrogen and oxygen atoms in total. The predicted octanol–water partition coefficient (Wildman–Crippen LogP) is 1.11. The second kappa shape index (κ2) is 6.38. The third kappa shape index (κ3) is 3.57. The Bertz CT molecular complexity index is 430. The van der Waals surface area contributed by atoms with Gasteiger partial charge in [-0.15, -0.1) is 5.06 Å². The van der Waals surface area contributed by atoms with Gasteiger partial charge in [-0.2, -0.15) is 0 Å². The van der Waals surface area contributed by atoms with Crippen LogP contribution in [-0.2, 0) is 9.63 Å². The van der Waals surface area contributed by atoms with Crippen molar-refractivity contribution in [1.82, 2.24) is 10.0 Å². The molecule has 1 saturated heterocycles. The van der Waals surface area contributed by atoms with Crippen molar-refractivity contribution in [2.45, 2.75) is 13.8 Å². The van der Waals surface area contributed by atoms with Gasteiger partial charge in [-0.1, -0.05) is 0 Å². The Labute approximate surface area is 113 Å². The largest absolute Gasteiger partial charge is 0.382 e. The van der Waals surface area contributed by atoms with Gasteiger partial charge in [-0.05, 0) is 19.1 Å². The normalized spacial score (nSPS) is 16.2. The zero-order valence-corrected chi connectivity index (χ0v) is 11.4. The summed E-state index contributed by atoms with van der Waals surface area (Å²) in [6.45, 7) is 7.34. The number of rotatable bonds is 4. The SMILES string of the molecule is CCNc1cccnc1N1CCN(OC(C)=O)CC1. The molecule has 0 aliphatic carbocycles. The van der Waals surface area contributed by atoms with Gasteiger partial charge in [0.1, 0.15) is 0 Å².